The smallest absolute Gasteiger partial charge is 0.255 e. The van der Waals surface area contributed by atoms with Gasteiger partial charge in [-0.2, -0.15) is 0 Å². The molecule has 0 bridgehead atoms. The zero-order chi connectivity index (χ0) is 24.4. The normalized spacial score (nSPS) is 18.9. The van der Waals surface area contributed by atoms with Crippen LogP contribution in [0.4, 0.5) is 15.8 Å². The molecule has 0 spiro atoms. The van der Waals surface area contributed by atoms with Gasteiger partial charge in [0.05, 0.1) is 53.7 Å². The number of nitrogens with zero attached hydrogens (tertiary/aromatic N) is 1. The lowest BCUT2D eigenvalue weighted by Gasteiger charge is -2.26. The number of halogens is 2. The number of hydrogen-bond acceptors (Lipinski definition) is 6. The molecule has 4 heterocycles. The maximum absolute atomic E-state index is 13.4. The lowest BCUT2D eigenvalue weighted by Crippen LogP contribution is -2.35. The Hall–Kier alpha value is -3.30. The Labute approximate surface area is 207 Å². The predicted molar refractivity (Wildman–Crippen MR) is 131 cm³/mol. The molecule has 35 heavy (non-hydrogen) atoms. The van der Waals surface area contributed by atoms with Gasteiger partial charge in [-0.15, -0.1) is 0 Å². The quantitative estimate of drug-likeness (QED) is 0.389. The van der Waals surface area contributed by atoms with E-state index in [1.165, 1.54) is 7.11 Å². The fraction of sp³-hybridized carbons (Fsp3) is 0.360. The van der Waals surface area contributed by atoms with Crippen molar-refractivity contribution < 1.29 is 23.4 Å². The molecule has 8 nitrogen and oxygen atoms in total. The maximum atomic E-state index is 13.4. The first-order valence-corrected chi connectivity index (χ1v) is 11.9. The summed E-state index contributed by atoms with van der Waals surface area (Å²) in [7, 11) is 1.53. The second-order valence-corrected chi connectivity index (χ2v) is 8.87. The summed E-state index contributed by atoms with van der Waals surface area (Å²) in [6.45, 7) is 0.991. The van der Waals surface area contributed by atoms with Gasteiger partial charge in [-0.3, -0.25) is 14.2 Å². The number of anilines is 2. The number of methoxy groups -OCH3 is 1. The molecule has 0 unspecified atom stereocenters. The van der Waals surface area contributed by atoms with Crippen LogP contribution in [0, 0.1) is 0 Å². The standard InChI is InChI=1S/C25H26ClFN4O4/c1-33-24-17(26)3-2-4-18(24)30-23-20-21(14(5-8-27)11-29-25(20)32)31-22(23)16-6-9-28-12-19(16)35-13-15-7-10-34-15/h2-4,6,9,12,14-15,30-31H,5,7-8,10-11,13H2,1H3,(H,29,32)/t14-,15-/m0/s1. The molecule has 184 valence electrons. The Balaban J connectivity index is 1.63. The number of para-hydroxylation sites is 1. The summed E-state index contributed by atoms with van der Waals surface area (Å²) in [5.74, 6) is 0.545. The van der Waals surface area contributed by atoms with Gasteiger partial charge in [-0.25, -0.2) is 0 Å². The zero-order valence-electron chi connectivity index (χ0n) is 19.2. The van der Waals surface area contributed by atoms with Crippen molar-refractivity contribution >= 4 is 28.9 Å². The Morgan fingerprint density at radius 3 is 2.94 bits per heavy atom. The van der Waals surface area contributed by atoms with Gasteiger partial charge in [-0.1, -0.05) is 17.7 Å². The summed E-state index contributed by atoms with van der Waals surface area (Å²) in [6.07, 6.45) is 4.57. The summed E-state index contributed by atoms with van der Waals surface area (Å²) < 4.78 is 30.4. The minimum Gasteiger partial charge on any atom is -0.493 e. The number of nitrogens with one attached hydrogen (secondary N) is 3. The molecule has 2 aromatic heterocycles. The lowest BCUT2D eigenvalue weighted by atomic mass is 9.94. The molecule has 0 saturated carbocycles. The number of amides is 1. The molecule has 5 rings (SSSR count). The minimum atomic E-state index is -0.496. The second kappa shape index (κ2) is 10.1. The van der Waals surface area contributed by atoms with Gasteiger partial charge < -0.3 is 29.8 Å². The fourth-order valence-electron chi connectivity index (χ4n) is 4.42. The molecule has 2 atom stereocenters. The molecule has 1 saturated heterocycles. The third kappa shape index (κ3) is 4.53. The Bertz CT molecular complexity index is 1230. The fourth-order valence-corrected chi connectivity index (χ4v) is 4.67. The summed E-state index contributed by atoms with van der Waals surface area (Å²) in [4.78, 5) is 20.7. The molecule has 0 aliphatic carbocycles. The Kier molecular flexibility index (Phi) is 6.79. The summed E-state index contributed by atoms with van der Waals surface area (Å²) in [5, 5.41) is 6.67. The van der Waals surface area contributed by atoms with Crippen molar-refractivity contribution in [3.05, 3.63) is 52.9 Å². The monoisotopic (exact) mass is 500 g/mol. The molecular formula is C25H26ClFN4O4. The molecule has 0 radical (unpaired) electrons. The van der Waals surface area contributed by atoms with Gasteiger partial charge in [0.25, 0.3) is 5.91 Å². The molecule has 3 N–H and O–H groups in total. The van der Waals surface area contributed by atoms with Gasteiger partial charge in [0.1, 0.15) is 12.4 Å². The Morgan fingerprint density at radius 2 is 2.20 bits per heavy atom. The first kappa shape index (κ1) is 23.4. The van der Waals surface area contributed by atoms with E-state index in [0.717, 1.165) is 13.0 Å². The number of fused-ring (bicyclic) bond motifs is 1. The molecule has 2 aliphatic rings. The first-order valence-electron chi connectivity index (χ1n) is 11.5. The number of ether oxygens (including phenoxy) is 3. The summed E-state index contributed by atoms with van der Waals surface area (Å²) in [6, 6.07) is 7.14. The van der Waals surface area contributed by atoms with Gasteiger partial charge >= 0.3 is 0 Å². The van der Waals surface area contributed by atoms with E-state index in [4.69, 9.17) is 25.8 Å². The van der Waals surface area contributed by atoms with E-state index in [1.807, 2.05) is 12.1 Å². The van der Waals surface area contributed by atoms with Gasteiger partial charge in [0.15, 0.2) is 5.75 Å². The van der Waals surface area contributed by atoms with Crippen LogP contribution in [0.1, 0.15) is 34.8 Å². The van der Waals surface area contributed by atoms with Crippen molar-refractivity contribution in [2.45, 2.75) is 24.9 Å². The van der Waals surface area contributed by atoms with Gasteiger partial charge in [0, 0.05) is 42.9 Å². The molecule has 2 aliphatic heterocycles. The highest BCUT2D eigenvalue weighted by Gasteiger charge is 2.33. The number of alkyl halides is 1. The number of pyridine rings is 1. The average Bonchev–Trinajstić information content (AvgIpc) is 3.20. The summed E-state index contributed by atoms with van der Waals surface area (Å²) >= 11 is 6.34. The van der Waals surface area contributed by atoms with E-state index >= 15 is 0 Å². The van der Waals surface area contributed by atoms with E-state index < -0.39 is 6.67 Å². The second-order valence-electron chi connectivity index (χ2n) is 8.46. The number of benzene rings is 1. The minimum absolute atomic E-state index is 0.0490. The predicted octanol–water partition coefficient (Wildman–Crippen LogP) is 4.84. The molecule has 3 aromatic rings. The van der Waals surface area contributed by atoms with Crippen LogP contribution in [0.15, 0.2) is 36.7 Å². The number of H-pyrrole nitrogens is 1. The van der Waals surface area contributed by atoms with Crippen LogP contribution < -0.4 is 20.1 Å². The molecule has 1 fully saturated rings. The van der Waals surface area contributed by atoms with Gasteiger partial charge in [-0.05, 0) is 24.6 Å². The third-order valence-electron chi connectivity index (χ3n) is 6.33. The number of hydrogen-bond donors (Lipinski definition) is 3. The van der Waals surface area contributed by atoms with E-state index in [1.54, 1.807) is 24.5 Å². The van der Waals surface area contributed by atoms with Crippen LogP contribution in [0.5, 0.6) is 11.5 Å². The molecular weight excluding hydrogens is 475 g/mol. The highest BCUT2D eigenvalue weighted by molar-refractivity contribution is 6.32. The molecule has 1 aromatic carbocycles. The molecule has 10 heteroatoms. The largest absolute Gasteiger partial charge is 0.493 e. The van der Waals surface area contributed by atoms with Crippen molar-refractivity contribution in [2.75, 3.05) is 38.9 Å². The maximum Gasteiger partial charge on any atom is 0.255 e. The first-order chi connectivity index (χ1) is 17.1. The third-order valence-corrected chi connectivity index (χ3v) is 6.63. The van der Waals surface area contributed by atoms with Crippen LogP contribution in [-0.2, 0) is 4.74 Å². The highest BCUT2D eigenvalue weighted by atomic mass is 35.5. The van der Waals surface area contributed by atoms with E-state index in [-0.39, 0.29) is 24.3 Å². The number of aromatic amines is 1. The number of carbonyl (C=O) groups is 1. The van der Waals surface area contributed by atoms with Crippen LogP contribution in [-0.4, -0.2) is 55.5 Å². The lowest BCUT2D eigenvalue weighted by molar-refractivity contribution is -0.0720. The average molecular weight is 501 g/mol. The topological polar surface area (TPSA) is 97.5 Å². The van der Waals surface area contributed by atoms with E-state index in [0.29, 0.717) is 63.6 Å². The van der Waals surface area contributed by atoms with Crippen LogP contribution in [0.2, 0.25) is 5.02 Å². The SMILES string of the molecule is COc1c(Cl)cccc1Nc1c(-c2ccncc2OC[C@@H]2CCO2)[nH]c2c1C(=O)NC[C@@H]2CCF. The van der Waals surface area contributed by atoms with Crippen LogP contribution in [0.25, 0.3) is 11.3 Å². The summed E-state index contributed by atoms with van der Waals surface area (Å²) in [5.41, 5.74) is 3.56. The van der Waals surface area contributed by atoms with E-state index in [9.17, 15) is 9.18 Å². The van der Waals surface area contributed by atoms with Gasteiger partial charge in [0.2, 0.25) is 0 Å². The highest BCUT2D eigenvalue weighted by Crippen LogP contribution is 2.44. The van der Waals surface area contributed by atoms with Crippen LogP contribution in [0.3, 0.4) is 0 Å². The van der Waals surface area contributed by atoms with E-state index in [2.05, 4.69) is 20.6 Å². The van der Waals surface area contributed by atoms with Crippen molar-refractivity contribution in [1.82, 2.24) is 15.3 Å². The Morgan fingerprint density at radius 1 is 1.34 bits per heavy atom. The van der Waals surface area contributed by atoms with Crippen molar-refractivity contribution in [1.29, 1.82) is 0 Å². The van der Waals surface area contributed by atoms with Crippen molar-refractivity contribution in [3.63, 3.8) is 0 Å². The van der Waals surface area contributed by atoms with Crippen molar-refractivity contribution in [3.8, 4) is 22.8 Å². The van der Waals surface area contributed by atoms with Crippen molar-refractivity contribution in [2.24, 2.45) is 0 Å². The molecule has 1 amide bonds. The number of rotatable bonds is 9. The van der Waals surface area contributed by atoms with Crippen LogP contribution >= 0.6 is 11.6 Å². The number of aromatic nitrogens is 2. The number of carbonyl (C=O) groups excluding carboxylic acids is 1. The zero-order valence-corrected chi connectivity index (χ0v) is 20.0.